The lowest BCUT2D eigenvalue weighted by Crippen LogP contribution is -2.28. The molecule has 18 heavy (non-hydrogen) atoms. The second-order valence-electron chi connectivity index (χ2n) is 5.06. The topological polar surface area (TPSA) is 41.1 Å². The van der Waals surface area contributed by atoms with Crippen LogP contribution in [-0.4, -0.2) is 25.5 Å². The van der Waals surface area contributed by atoms with E-state index in [2.05, 4.69) is 23.6 Å². The summed E-state index contributed by atoms with van der Waals surface area (Å²) in [5, 5.41) is 6.29. The Hall–Kier alpha value is -0.830. The van der Waals surface area contributed by atoms with Gasteiger partial charge in [-0.2, -0.15) is 0 Å². The molecule has 1 rings (SSSR count). The number of amides is 1. The molecule has 0 unspecified atom stereocenters. The number of carbonyl (C=O) groups is 1. The summed E-state index contributed by atoms with van der Waals surface area (Å²) in [4.78, 5) is 11.4. The van der Waals surface area contributed by atoms with Gasteiger partial charge in [-0.15, -0.1) is 0 Å². The minimum Gasteiger partial charge on any atom is -0.356 e. The first-order valence-electron chi connectivity index (χ1n) is 7.48. The van der Waals surface area contributed by atoms with Gasteiger partial charge in [0.25, 0.3) is 0 Å². The Morgan fingerprint density at radius 2 is 2.17 bits per heavy atom. The van der Waals surface area contributed by atoms with Crippen molar-refractivity contribution in [3.8, 4) is 0 Å². The minimum absolute atomic E-state index is 0.174. The van der Waals surface area contributed by atoms with E-state index in [-0.39, 0.29) is 5.91 Å². The zero-order valence-corrected chi connectivity index (χ0v) is 11.8. The Labute approximate surface area is 111 Å². The third kappa shape index (κ3) is 7.49. The molecule has 3 heteroatoms. The second-order valence-corrected chi connectivity index (χ2v) is 5.06. The molecular weight excluding hydrogens is 224 g/mol. The lowest BCUT2D eigenvalue weighted by Gasteiger charge is -2.12. The SMILES string of the molecule is CCCCNC(=O)CCNCCC1=CCCCC1. The molecule has 0 saturated carbocycles. The zero-order valence-electron chi connectivity index (χ0n) is 11.8. The molecule has 1 amide bonds. The van der Waals surface area contributed by atoms with E-state index in [1.807, 2.05) is 0 Å². The molecule has 0 saturated heterocycles. The summed E-state index contributed by atoms with van der Waals surface area (Å²) < 4.78 is 0. The van der Waals surface area contributed by atoms with Crippen LogP contribution in [-0.2, 0) is 4.79 Å². The van der Waals surface area contributed by atoms with E-state index in [1.165, 1.54) is 25.7 Å². The Balaban J connectivity index is 1.91. The van der Waals surface area contributed by atoms with Crippen LogP contribution in [0.4, 0.5) is 0 Å². The third-order valence-electron chi connectivity index (χ3n) is 3.39. The average molecular weight is 252 g/mol. The maximum atomic E-state index is 11.4. The summed E-state index contributed by atoms with van der Waals surface area (Å²) in [5.74, 6) is 0.174. The molecule has 0 spiro atoms. The van der Waals surface area contributed by atoms with Crippen molar-refractivity contribution in [1.29, 1.82) is 0 Å². The number of rotatable bonds is 9. The fourth-order valence-corrected chi connectivity index (χ4v) is 2.20. The van der Waals surface area contributed by atoms with E-state index in [0.29, 0.717) is 6.42 Å². The van der Waals surface area contributed by atoms with Gasteiger partial charge >= 0.3 is 0 Å². The predicted molar refractivity (Wildman–Crippen MR) is 76.6 cm³/mol. The van der Waals surface area contributed by atoms with Crippen molar-refractivity contribution >= 4 is 5.91 Å². The van der Waals surface area contributed by atoms with Crippen LogP contribution in [0.1, 0.15) is 58.3 Å². The van der Waals surface area contributed by atoms with Crippen molar-refractivity contribution in [2.75, 3.05) is 19.6 Å². The quantitative estimate of drug-likeness (QED) is 0.489. The fourth-order valence-electron chi connectivity index (χ4n) is 2.20. The van der Waals surface area contributed by atoms with Gasteiger partial charge in [0.1, 0.15) is 0 Å². The normalized spacial score (nSPS) is 15.3. The molecule has 1 aliphatic rings. The van der Waals surface area contributed by atoms with E-state index >= 15 is 0 Å². The number of allylic oxidation sites excluding steroid dienone is 1. The first kappa shape index (κ1) is 15.2. The molecule has 0 aliphatic heterocycles. The largest absolute Gasteiger partial charge is 0.356 e. The number of hydrogen-bond donors (Lipinski definition) is 2. The molecule has 0 aromatic rings. The standard InChI is InChI=1S/C15H28N2O/c1-2-3-11-17-15(18)10-13-16-12-9-14-7-5-4-6-8-14/h7,16H,2-6,8-13H2,1H3,(H,17,18). The van der Waals surface area contributed by atoms with Gasteiger partial charge in [-0.1, -0.05) is 25.0 Å². The number of carbonyl (C=O) groups excluding carboxylic acids is 1. The molecule has 0 radical (unpaired) electrons. The van der Waals surface area contributed by atoms with Crippen molar-refractivity contribution in [2.24, 2.45) is 0 Å². The lowest BCUT2D eigenvalue weighted by molar-refractivity contribution is -0.120. The third-order valence-corrected chi connectivity index (χ3v) is 3.39. The van der Waals surface area contributed by atoms with Crippen molar-refractivity contribution in [1.82, 2.24) is 10.6 Å². The highest BCUT2D eigenvalue weighted by atomic mass is 16.1. The first-order chi connectivity index (χ1) is 8.83. The molecule has 3 nitrogen and oxygen atoms in total. The van der Waals surface area contributed by atoms with E-state index in [1.54, 1.807) is 5.57 Å². The van der Waals surface area contributed by atoms with Gasteiger partial charge in [0.05, 0.1) is 0 Å². The van der Waals surface area contributed by atoms with Crippen LogP contribution in [0.3, 0.4) is 0 Å². The van der Waals surface area contributed by atoms with Gasteiger partial charge in [0, 0.05) is 19.5 Å². The Morgan fingerprint density at radius 3 is 2.89 bits per heavy atom. The van der Waals surface area contributed by atoms with Gasteiger partial charge in [-0.3, -0.25) is 4.79 Å². The van der Waals surface area contributed by atoms with Crippen LogP contribution < -0.4 is 10.6 Å². The Morgan fingerprint density at radius 1 is 1.28 bits per heavy atom. The predicted octanol–water partition coefficient (Wildman–Crippen LogP) is 2.77. The second kappa shape index (κ2) is 10.1. The molecule has 0 heterocycles. The molecule has 0 atom stereocenters. The summed E-state index contributed by atoms with van der Waals surface area (Å²) in [5.41, 5.74) is 1.60. The molecule has 0 bridgehead atoms. The average Bonchev–Trinajstić information content (AvgIpc) is 2.40. The molecule has 0 aromatic heterocycles. The molecule has 1 aliphatic carbocycles. The maximum Gasteiger partial charge on any atom is 0.221 e. The summed E-state index contributed by atoms with van der Waals surface area (Å²) in [6.45, 7) is 4.76. The summed E-state index contributed by atoms with van der Waals surface area (Å²) in [7, 11) is 0. The summed E-state index contributed by atoms with van der Waals surface area (Å²) in [6.07, 6.45) is 11.6. The highest BCUT2D eigenvalue weighted by Crippen LogP contribution is 2.19. The molecule has 104 valence electrons. The monoisotopic (exact) mass is 252 g/mol. The van der Waals surface area contributed by atoms with Crippen molar-refractivity contribution in [3.05, 3.63) is 11.6 Å². The lowest BCUT2D eigenvalue weighted by atomic mass is 9.97. The smallest absolute Gasteiger partial charge is 0.221 e. The fraction of sp³-hybridized carbons (Fsp3) is 0.800. The van der Waals surface area contributed by atoms with E-state index in [0.717, 1.165) is 38.9 Å². The number of hydrogen-bond acceptors (Lipinski definition) is 2. The maximum absolute atomic E-state index is 11.4. The van der Waals surface area contributed by atoms with Crippen LogP contribution in [0.5, 0.6) is 0 Å². The molecule has 2 N–H and O–H groups in total. The van der Waals surface area contributed by atoms with Crippen molar-refractivity contribution in [2.45, 2.75) is 58.3 Å². The van der Waals surface area contributed by atoms with Gasteiger partial charge in [0.2, 0.25) is 5.91 Å². The zero-order chi connectivity index (χ0) is 13.1. The van der Waals surface area contributed by atoms with E-state index in [9.17, 15) is 4.79 Å². The van der Waals surface area contributed by atoms with Gasteiger partial charge in [-0.05, 0) is 45.1 Å². The Bertz CT molecular complexity index is 261. The van der Waals surface area contributed by atoms with E-state index < -0.39 is 0 Å². The van der Waals surface area contributed by atoms with Crippen LogP contribution in [0.25, 0.3) is 0 Å². The molecule has 0 fully saturated rings. The van der Waals surface area contributed by atoms with Crippen molar-refractivity contribution in [3.63, 3.8) is 0 Å². The van der Waals surface area contributed by atoms with Gasteiger partial charge < -0.3 is 10.6 Å². The van der Waals surface area contributed by atoms with Crippen LogP contribution in [0.15, 0.2) is 11.6 Å². The van der Waals surface area contributed by atoms with Crippen molar-refractivity contribution < 1.29 is 4.79 Å². The molecular formula is C15H28N2O. The van der Waals surface area contributed by atoms with Crippen LogP contribution in [0, 0.1) is 0 Å². The highest BCUT2D eigenvalue weighted by molar-refractivity contribution is 5.75. The summed E-state index contributed by atoms with van der Waals surface area (Å²) in [6, 6.07) is 0. The first-order valence-corrected chi connectivity index (χ1v) is 7.48. The molecule has 0 aromatic carbocycles. The van der Waals surface area contributed by atoms with Gasteiger partial charge in [-0.25, -0.2) is 0 Å². The number of nitrogens with one attached hydrogen (secondary N) is 2. The van der Waals surface area contributed by atoms with E-state index in [4.69, 9.17) is 0 Å². The summed E-state index contributed by atoms with van der Waals surface area (Å²) >= 11 is 0. The minimum atomic E-state index is 0.174. The highest BCUT2D eigenvalue weighted by Gasteiger charge is 2.03. The Kier molecular flexibility index (Phi) is 8.57. The van der Waals surface area contributed by atoms with Crippen LogP contribution in [0.2, 0.25) is 0 Å². The van der Waals surface area contributed by atoms with Crippen LogP contribution >= 0.6 is 0 Å². The number of unbranched alkanes of at least 4 members (excludes halogenated alkanes) is 1. The van der Waals surface area contributed by atoms with Gasteiger partial charge in [0.15, 0.2) is 0 Å².